The van der Waals surface area contributed by atoms with Gasteiger partial charge in [0.05, 0.1) is 5.52 Å². The standard InChI is InChI=1S/C16H13NO2/c1-2-4-14-12(3-1)7-8-17(14)13-5-6-15-16(11-13)19-10-9-18-15/h1-8,11H,9-10H2. The molecule has 1 aliphatic rings. The van der Waals surface area contributed by atoms with Gasteiger partial charge < -0.3 is 14.0 Å². The van der Waals surface area contributed by atoms with Crippen LogP contribution >= 0.6 is 0 Å². The zero-order valence-electron chi connectivity index (χ0n) is 10.4. The van der Waals surface area contributed by atoms with E-state index in [1.165, 1.54) is 10.9 Å². The largest absolute Gasteiger partial charge is 0.486 e. The van der Waals surface area contributed by atoms with E-state index in [1.54, 1.807) is 0 Å². The van der Waals surface area contributed by atoms with Crippen molar-refractivity contribution < 1.29 is 9.47 Å². The lowest BCUT2D eigenvalue weighted by Crippen LogP contribution is -2.15. The molecular formula is C16H13NO2. The van der Waals surface area contributed by atoms with Crippen molar-refractivity contribution in [3.05, 3.63) is 54.7 Å². The van der Waals surface area contributed by atoms with Gasteiger partial charge in [-0.15, -0.1) is 0 Å². The van der Waals surface area contributed by atoms with Crippen LogP contribution in [0.4, 0.5) is 0 Å². The number of fused-ring (bicyclic) bond motifs is 2. The van der Waals surface area contributed by atoms with Crippen LogP contribution in [-0.2, 0) is 0 Å². The van der Waals surface area contributed by atoms with Gasteiger partial charge in [-0.3, -0.25) is 0 Å². The van der Waals surface area contributed by atoms with Crippen LogP contribution < -0.4 is 9.47 Å². The van der Waals surface area contributed by atoms with Gasteiger partial charge in [-0.2, -0.15) is 0 Å². The van der Waals surface area contributed by atoms with Crippen molar-refractivity contribution in [1.82, 2.24) is 4.57 Å². The van der Waals surface area contributed by atoms with Gasteiger partial charge in [-0.05, 0) is 29.7 Å². The number of nitrogens with zero attached hydrogens (tertiary/aromatic N) is 1. The number of ether oxygens (including phenoxy) is 2. The lowest BCUT2D eigenvalue weighted by Gasteiger charge is -2.19. The minimum Gasteiger partial charge on any atom is -0.486 e. The summed E-state index contributed by atoms with van der Waals surface area (Å²) in [6, 6.07) is 16.5. The van der Waals surface area contributed by atoms with E-state index in [0.29, 0.717) is 13.2 Å². The minimum absolute atomic E-state index is 0.614. The van der Waals surface area contributed by atoms with Gasteiger partial charge in [0.25, 0.3) is 0 Å². The first kappa shape index (κ1) is 10.5. The van der Waals surface area contributed by atoms with E-state index in [0.717, 1.165) is 17.2 Å². The van der Waals surface area contributed by atoms with Crippen LogP contribution in [0.25, 0.3) is 16.6 Å². The molecule has 2 heterocycles. The monoisotopic (exact) mass is 251 g/mol. The van der Waals surface area contributed by atoms with Crippen LogP contribution in [0.2, 0.25) is 0 Å². The number of aromatic nitrogens is 1. The fraction of sp³-hybridized carbons (Fsp3) is 0.125. The normalized spacial score (nSPS) is 13.7. The first-order chi connectivity index (χ1) is 9.42. The molecule has 0 aliphatic carbocycles. The minimum atomic E-state index is 0.614. The van der Waals surface area contributed by atoms with Crippen LogP contribution in [0.15, 0.2) is 54.7 Å². The SMILES string of the molecule is c1ccc2c(c1)ccn2-c1ccc2c(c1)OCCO2. The molecule has 3 aromatic rings. The molecular weight excluding hydrogens is 238 g/mol. The smallest absolute Gasteiger partial charge is 0.163 e. The molecule has 0 bridgehead atoms. The van der Waals surface area contributed by atoms with Crippen molar-refractivity contribution in [2.45, 2.75) is 0 Å². The Morgan fingerprint density at radius 2 is 1.68 bits per heavy atom. The van der Waals surface area contributed by atoms with E-state index in [4.69, 9.17) is 9.47 Å². The molecule has 3 heteroatoms. The maximum absolute atomic E-state index is 5.64. The van der Waals surface area contributed by atoms with Crippen molar-refractivity contribution in [3.8, 4) is 17.2 Å². The third-order valence-electron chi connectivity index (χ3n) is 3.40. The second-order valence-corrected chi connectivity index (χ2v) is 4.57. The Hall–Kier alpha value is -2.42. The molecule has 0 radical (unpaired) electrons. The highest BCUT2D eigenvalue weighted by Crippen LogP contribution is 2.33. The zero-order chi connectivity index (χ0) is 12.7. The Morgan fingerprint density at radius 3 is 2.63 bits per heavy atom. The molecule has 0 amide bonds. The quantitative estimate of drug-likeness (QED) is 0.661. The van der Waals surface area contributed by atoms with Crippen LogP contribution in [0.5, 0.6) is 11.5 Å². The highest BCUT2D eigenvalue weighted by molar-refractivity contribution is 5.82. The van der Waals surface area contributed by atoms with Gasteiger partial charge in [0.2, 0.25) is 0 Å². The first-order valence-corrected chi connectivity index (χ1v) is 6.38. The van der Waals surface area contributed by atoms with Gasteiger partial charge in [0.15, 0.2) is 11.5 Å². The maximum atomic E-state index is 5.64. The van der Waals surface area contributed by atoms with Crippen LogP contribution in [0.1, 0.15) is 0 Å². The molecule has 94 valence electrons. The second-order valence-electron chi connectivity index (χ2n) is 4.57. The summed E-state index contributed by atoms with van der Waals surface area (Å²) >= 11 is 0. The summed E-state index contributed by atoms with van der Waals surface area (Å²) < 4.78 is 13.3. The highest BCUT2D eigenvalue weighted by Gasteiger charge is 2.12. The Kier molecular flexibility index (Phi) is 2.24. The van der Waals surface area contributed by atoms with E-state index in [-0.39, 0.29) is 0 Å². The van der Waals surface area contributed by atoms with Gasteiger partial charge in [0, 0.05) is 18.0 Å². The van der Waals surface area contributed by atoms with E-state index in [2.05, 4.69) is 47.2 Å². The topological polar surface area (TPSA) is 23.4 Å². The molecule has 0 saturated heterocycles. The van der Waals surface area contributed by atoms with Crippen molar-refractivity contribution in [2.24, 2.45) is 0 Å². The van der Waals surface area contributed by atoms with Gasteiger partial charge >= 0.3 is 0 Å². The number of para-hydroxylation sites is 1. The molecule has 0 unspecified atom stereocenters. The molecule has 19 heavy (non-hydrogen) atoms. The lowest BCUT2D eigenvalue weighted by atomic mass is 10.2. The fourth-order valence-electron chi connectivity index (χ4n) is 2.49. The van der Waals surface area contributed by atoms with Crippen LogP contribution in [0, 0.1) is 0 Å². The van der Waals surface area contributed by atoms with Crippen molar-refractivity contribution in [1.29, 1.82) is 0 Å². The van der Waals surface area contributed by atoms with E-state index >= 15 is 0 Å². The van der Waals surface area contributed by atoms with Crippen LogP contribution in [-0.4, -0.2) is 17.8 Å². The third kappa shape index (κ3) is 1.66. The molecule has 0 atom stereocenters. The summed E-state index contributed by atoms with van der Waals surface area (Å²) in [4.78, 5) is 0. The Labute approximate surface area is 111 Å². The highest BCUT2D eigenvalue weighted by atomic mass is 16.6. The van der Waals surface area contributed by atoms with Crippen molar-refractivity contribution in [3.63, 3.8) is 0 Å². The maximum Gasteiger partial charge on any atom is 0.163 e. The van der Waals surface area contributed by atoms with Gasteiger partial charge in [0.1, 0.15) is 13.2 Å². The Morgan fingerprint density at radius 1 is 0.842 bits per heavy atom. The summed E-state index contributed by atoms with van der Waals surface area (Å²) in [5, 5.41) is 1.23. The third-order valence-corrected chi connectivity index (χ3v) is 3.40. The van der Waals surface area contributed by atoms with Gasteiger partial charge in [-0.25, -0.2) is 0 Å². The number of rotatable bonds is 1. The van der Waals surface area contributed by atoms with E-state index in [9.17, 15) is 0 Å². The molecule has 0 N–H and O–H groups in total. The van der Waals surface area contributed by atoms with Gasteiger partial charge in [-0.1, -0.05) is 18.2 Å². The summed E-state index contributed by atoms with van der Waals surface area (Å²) in [6.07, 6.45) is 2.08. The summed E-state index contributed by atoms with van der Waals surface area (Å²) in [5.74, 6) is 1.65. The predicted molar refractivity (Wildman–Crippen MR) is 74.3 cm³/mol. The molecule has 1 aliphatic heterocycles. The molecule has 4 rings (SSSR count). The zero-order valence-corrected chi connectivity index (χ0v) is 10.4. The van der Waals surface area contributed by atoms with E-state index < -0.39 is 0 Å². The summed E-state index contributed by atoms with van der Waals surface area (Å²) in [7, 11) is 0. The van der Waals surface area contributed by atoms with Crippen LogP contribution in [0.3, 0.4) is 0 Å². The number of hydrogen-bond donors (Lipinski definition) is 0. The molecule has 3 nitrogen and oxygen atoms in total. The average Bonchev–Trinajstić information content (AvgIpc) is 2.91. The molecule has 0 fully saturated rings. The molecule has 0 spiro atoms. The summed E-state index contributed by atoms with van der Waals surface area (Å²) in [5.41, 5.74) is 2.28. The lowest BCUT2D eigenvalue weighted by molar-refractivity contribution is 0.171. The Bertz CT molecular complexity index is 745. The Balaban J connectivity index is 1.88. The molecule has 2 aromatic carbocycles. The molecule has 1 aromatic heterocycles. The first-order valence-electron chi connectivity index (χ1n) is 6.38. The second kappa shape index (κ2) is 4.05. The predicted octanol–water partition coefficient (Wildman–Crippen LogP) is 3.40. The van der Waals surface area contributed by atoms with Crippen molar-refractivity contribution >= 4 is 10.9 Å². The van der Waals surface area contributed by atoms with Crippen molar-refractivity contribution in [2.75, 3.05) is 13.2 Å². The molecule has 0 saturated carbocycles. The van der Waals surface area contributed by atoms with E-state index in [1.807, 2.05) is 12.1 Å². The number of hydrogen-bond acceptors (Lipinski definition) is 2. The summed E-state index contributed by atoms with van der Waals surface area (Å²) in [6.45, 7) is 1.24. The number of benzene rings is 2. The fourth-order valence-corrected chi connectivity index (χ4v) is 2.49. The average molecular weight is 251 g/mol.